The Labute approximate surface area is 92.5 Å². The summed E-state index contributed by atoms with van der Waals surface area (Å²) in [5, 5.41) is 3.10. The van der Waals surface area contributed by atoms with Gasteiger partial charge in [-0.25, -0.2) is 4.98 Å². The number of hydrogen-bond acceptors (Lipinski definition) is 3. The molecule has 0 radical (unpaired) electrons. The molecule has 1 N–H and O–H groups in total. The van der Waals surface area contributed by atoms with Crippen LogP contribution in [-0.4, -0.2) is 26.1 Å². The normalized spacial score (nSPS) is 12.3. The Morgan fingerprint density at radius 3 is 2.53 bits per heavy atom. The lowest BCUT2D eigenvalue weighted by molar-refractivity contribution is 0.709. The van der Waals surface area contributed by atoms with Gasteiger partial charge in [0.1, 0.15) is 5.82 Å². The quantitative estimate of drug-likeness (QED) is 0.822. The molecule has 1 rings (SSSR count). The van der Waals surface area contributed by atoms with E-state index in [0.29, 0.717) is 5.92 Å². The number of rotatable bonds is 4. The minimum Gasteiger partial charge on any atom is -0.377 e. The second kappa shape index (κ2) is 5.01. The van der Waals surface area contributed by atoms with Crippen molar-refractivity contribution in [3.05, 3.63) is 17.8 Å². The van der Waals surface area contributed by atoms with E-state index in [2.05, 4.69) is 55.3 Å². The predicted octanol–water partition coefficient (Wildman–Crippen LogP) is 2.70. The molecule has 1 unspecified atom stereocenters. The molecule has 0 aliphatic rings. The molecule has 0 fully saturated rings. The maximum atomic E-state index is 4.57. The van der Waals surface area contributed by atoms with Crippen LogP contribution in [0, 0.1) is 0 Å². The zero-order valence-electron chi connectivity index (χ0n) is 10.3. The third-order valence-corrected chi connectivity index (χ3v) is 2.72. The van der Waals surface area contributed by atoms with Crippen LogP contribution in [0.3, 0.4) is 0 Å². The van der Waals surface area contributed by atoms with Gasteiger partial charge < -0.3 is 10.2 Å². The van der Waals surface area contributed by atoms with Gasteiger partial charge in [0.15, 0.2) is 0 Å². The van der Waals surface area contributed by atoms with Gasteiger partial charge in [0.25, 0.3) is 0 Å². The van der Waals surface area contributed by atoms with E-state index in [1.165, 1.54) is 5.69 Å². The largest absolute Gasteiger partial charge is 0.377 e. The van der Waals surface area contributed by atoms with Crippen LogP contribution in [0.1, 0.15) is 31.9 Å². The van der Waals surface area contributed by atoms with E-state index in [4.69, 9.17) is 0 Å². The fraction of sp³-hybridized carbons (Fsp3) is 0.583. The predicted molar refractivity (Wildman–Crippen MR) is 66.8 cm³/mol. The minimum absolute atomic E-state index is 0.511. The number of anilines is 2. The highest BCUT2D eigenvalue weighted by Gasteiger charge is 2.08. The summed E-state index contributed by atoms with van der Waals surface area (Å²) in [5.74, 6) is 1.45. The van der Waals surface area contributed by atoms with E-state index in [1.807, 2.05) is 7.05 Å². The first kappa shape index (κ1) is 11.8. The van der Waals surface area contributed by atoms with E-state index in [1.54, 1.807) is 0 Å². The van der Waals surface area contributed by atoms with Crippen molar-refractivity contribution in [3.63, 3.8) is 0 Å². The van der Waals surface area contributed by atoms with Gasteiger partial charge in [-0.3, -0.25) is 0 Å². The summed E-state index contributed by atoms with van der Waals surface area (Å²) in [6, 6.07) is 4.22. The topological polar surface area (TPSA) is 28.2 Å². The third-order valence-electron chi connectivity index (χ3n) is 2.72. The molecule has 3 heteroatoms. The highest BCUT2D eigenvalue weighted by molar-refractivity contribution is 5.54. The van der Waals surface area contributed by atoms with E-state index in [-0.39, 0.29) is 0 Å². The van der Waals surface area contributed by atoms with Crippen molar-refractivity contribution in [1.29, 1.82) is 0 Å². The fourth-order valence-corrected chi connectivity index (χ4v) is 1.38. The molecule has 1 aromatic rings. The first-order chi connectivity index (χ1) is 7.08. The summed E-state index contributed by atoms with van der Waals surface area (Å²) in [6.45, 7) is 4.40. The Kier molecular flexibility index (Phi) is 3.95. The fourth-order valence-electron chi connectivity index (χ4n) is 1.38. The Morgan fingerprint density at radius 1 is 1.40 bits per heavy atom. The lowest BCUT2D eigenvalue weighted by Crippen LogP contribution is -2.11. The van der Waals surface area contributed by atoms with Gasteiger partial charge in [-0.1, -0.05) is 13.8 Å². The number of pyridine rings is 1. The molecule has 1 atom stereocenters. The smallest absolute Gasteiger partial charge is 0.128 e. The van der Waals surface area contributed by atoms with Crippen LogP contribution < -0.4 is 10.2 Å². The molecule has 1 aromatic heterocycles. The maximum absolute atomic E-state index is 4.57. The highest BCUT2D eigenvalue weighted by atomic mass is 15.1. The second-order valence-corrected chi connectivity index (χ2v) is 4.09. The molecule has 0 spiro atoms. The molecule has 0 bridgehead atoms. The average molecular weight is 207 g/mol. The third kappa shape index (κ3) is 2.85. The first-order valence-corrected chi connectivity index (χ1v) is 5.45. The van der Waals surface area contributed by atoms with Crippen LogP contribution in [0.5, 0.6) is 0 Å². The number of hydrogen-bond donors (Lipinski definition) is 1. The first-order valence-electron chi connectivity index (χ1n) is 5.45. The SMILES string of the molecule is CCC(C)c1cc(N(C)C)cc(NC)n1. The summed E-state index contributed by atoms with van der Waals surface area (Å²) in [4.78, 5) is 6.67. The van der Waals surface area contributed by atoms with Crippen LogP contribution in [-0.2, 0) is 0 Å². The van der Waals surface area contributed by atoms with Gasteiger partial charge in [0.05, 0.1) is 0 Å². The summed E-state index contributed by atoms with van der Waals surface area (Å²) in [7, 11) is 6.01. The van der Waals surface area contributed by atoms with Gasteiger partial charge in [-0.15, -0.1) is 0 Å². The van der Waals surface area contributed by atoms with E-state index < -0.39 is 0 Å². The average Bonchev–Trinajstić information content (AvgIpc) is 2.27. The monoisotopic (exact) mass is 207 g/mol. The number of nitrogens with one attached hydrogen (secondary N) is 1. The van der Waals surface area contributed by atoms with Gasteiger partial charge >= 0.3 is 0 Å². The molecule has 0 amide bonds. The molecule has 0 saturated heterocycles. The zero-order valence-corrected chi connectivity index (χ0v) is 10.3. The Hall–Kier alpha value is -1.25. The van der Waals surface area contributed by atoms with Crippen molar-refractivity contribution in [1.82, 2.24) is 4.98 Å². The maximum Gasteiger partial charge on any atom is 0.128 e. The summed E-state index contributed by atoms with van der Waals surface area (Å²) in [6.07, 6.45) is 1.12. The van der Waals surface area contributed by atoms with Crippen molar-refractivity contribution in [3.8, 4) is 0 Å². The van der Waals surface area contributed by atoms with Crippen LogP contribution in [0.4, 0.5) is 11.5 Å². The van der Waals surface area contributed by atoms with Gasteiger partial charge in [0.2, 0.25) is 0 Å². The van der Waals surface area contributed by atoms with Gasteiger partial charge in [-0.2, -0.15) is 0 Å². The second-order valence-electron chi connectivity index (χ2n) is 4.09. The lowest BCUT2D eigenvalue weighted by atomic mass is 10.0. The van der Waals surface area contributed by atoms with E-state index in [9.17, 15) is 0 Å². The molecule has 84 valence electrons. The molecular weight excluding hydrogens is 186 g/mol. The van der Waals surface area contributed by atoms with Crippen LogP contribution >= 0.6 is 0 Å². The zero-order chi connectivity index (χ0) is 11.4. The Bertz CT molecular complexity index is 321. The van der Waals surface area contributed by atoms with E-state index in [0.717, 1.165) is 17.9 Å². The molecule has 0 aromatic carbocycles. The van der Waals surface area contributed by atoms with Crippen molar-refractivity contribution in [2.75, 3.05) is 31.4 Å². The summed E-state index contributed by atoms with van der Waals surface area (Å²) < 4.78 is 0. The summed E-state index contributed by atoms with van der Waals surface area (Å²) in [5.41, 5.74) is 2.36. The lowest BCUT2D eigenvalue weighted by Gasteiger charge is -2.17. The number of aromatic nitrogens is 1. The molecular formula is C12H21N3. The van der Waals surface area contributed by atoms with Crippen LogP contribution in [0.2, 0.25) is 0 Å². The molecule has 15 heavy (non-hydrogen) atoms. The van der Waals surface area contributed by atoms with Gasteiger partial charge in [-0.05, 0) is 18.4 Å². The molecule has 0 saturated carbocycles. The molecule has 3 nitrogen and oxygen atoms in total. The molecule has 0 aliphatic carbocycles. The number of nitrogens with zero attached hydrogens (tertiary/aromatic N) is 2. The molecule has 1 heterocycles. The van der Waals surface area contributed by atoms with Gasteiger partial charge in [0, 0.05) is 38.6 Å². The standard InChI is InChI=1S/C12H21N3/c1-6-9(2)11-7-10(15(4)5)8-12(13-3)14-11/h7-9H,6H2,1-5H3,(H,13,14). The van der Waals surface area contributed by atoms with Crippen molar-refractivity contribution in [2.45, 2.75) is 26.2 Å². The van der Waals surface area contributed by atoms with Crippen molar-refractivity contribution in [2.24, 2.45) is 0 Å². The van der Waals surface area contributed by atoms with Crippen LogP contribution in [0.15, 0.2) is 12.1 Å². The minimum atomic E-state index is 0.511. The highest BCUT2D eigenvalue weighted by Crippen LogP contribution is 2.24. The Balaban J connectivity index is 3.11. The summed E-state index contributed by atoms with van der Waals surface area (Å²) >= 11 is 0. The molecule has 0 aliphatic heterocycles. The van der Waals surface area contributed by atoms with Crippen LogP contribution in [0.25, 0.3) is 0 Å². The van der Waals surface area contributed by atoms with Crippen molar-refractivity contribution >= 4 is 11.5 Å². The van der Waals surface area contributed by atoms with Crippen molar-refractivity contribution < 1.29 is 0 Å². The Morgan fingerprint density at radius 2 is 2.07 bits per heavy atom. The van der Waals surface area contributed by atoms with E-state index >= 15 is 0 Å².